The van der Waals surface area contributed by atoms with Crippen molar-refractivity contribution in [3.8, 4) is 0 Å². The summed E-state index contributed by atoms with van der Waals surface area (Å²) in [7, 11) is 2.09. The number of anilines is 2. The molecule has 26 heavy (non-hydrogen) atoms. The number of nitrogens with one attached hydrogen (secondary N) is 1. The number of amides is 1. The summed E-state index contributed by atoms with van der Waals surface area (Å²) in [5, 5.41) is 2.86. The van der Waals surface area contributed by atoms with Crippen LogP contribution in [0, 0.1) is 19.7 Å². The number of carbonyl (C=O) groups is 1. The van der Waals surface area contributed by atoms with E-state index in [0.29, 0.717) is 23.0 Å². The molecule has 1 aromatic heterocycles. The zero-order chi connectivity index (χ0) is 18.8. The first kappa shape index (κ1) is 18.5. The standard InChI is InChI=1S/C18H21ClFN5O/c1-11-16(23-17(26)14-5-4-13(20)10-15(14)19)12(2)22-18(21-11)25-8-6-24(3)7-9-25/h4-5,10H,6-9H2,1-3H3,(H,23,26). The highest BCUT2D eigenvalue weighted by Crippen LogP contribution is 2.24. The minimum atomic E-state index is -0.487. The lowest BCUT2D eigenvalue weighted by Gasteiger charge is -2.32. The Hall–Kier alpha value is -2.25. The maximum Gasteiger partial charge on any atom is 0.257 e. The van der Waals surface area contributed by atoms with Gasteiger partial charge in [-0.05, 0) is 39.1 Å². The molecule has 0 atom stereocenters. The average molecular weight is 378 g/mol. The molecule has 0 unspecified atom stereocenters. The summed E-state index contributed by atoms with van der Waals surface area (Å²) >= 11 is 5.97. The Labute approximate surface area is 157 Å². The Balaban J connectivity index is 1.81. The topological polar surface area (TPSA) is 61.4 Å². The third kappa shape index (κ3) is 3.94. The summed E-state index contributed by atoms with van der Waals surface area (Å²) in [6.07, 6.45) is 0. The lowest BCUT2D eigenvalue weighted by atomic mass is 10.2. The number of halogens is 2. The van der Waals surface area contributed by atoms with Gasteiger partial charge in [0.2, 0.25) is 5.95 Å². The molecule has 8 heteroatoms. The molecule has 0 spiro atoms. The Morgan fingerprint density at radius 3 is 2.35 bits per heavy atom. The normalized spacial score (nSPS) is 15.2. The monoisotopic (exact) mass is 377 g/mol. The molecular formula is C18H21ClFN5O. The van der Waals surface area contributed by atoms with Gasteiger partial charge in [0.15, 0.2) is 0 Å². The van der Waals surface area contributed by atoms with E-state index in [0.717, 1.165) is 32.2 Å². The molecule has 1 amide bonds. The van der Waals surface area contributed by atoms with Gasteiger partial charge in [-0.1, -0.05) is 11.6 Å². The van der Waals surface area contributed by atoms with Crippen LogP contribution < -0.4 is 10.2 Å². The molecule has 2 aromatic rings. The number of aryl methyl sites for hydroxylation is 2. The van der Waals surface area contributed by atoms with E-state index in [1.165, 1.54) is 12.1 Å². The van der Waals surface area contributed by atoms with Crippen LogP contribution in [0.2, 0.25) is 5.02 Å². The summed E-state index contributed by atoms with van der Waals surface area (Å²) in [4.78, 5) is 26.0. The highest BCUT2D eigenvalue weighted by Gasteiger charge is 2.20. The van der Waals surface area contributed by atoms with Crippen molar-refractivity contribution in [1.82, 2.24) is 14.9 Å². The Kier molecular flexibility index (Phi) is 5.38. The van der Waals surface area contributed by atoms with E-state index in [-0.39, 0.29) is 10.6 Å². The van der Waals surface area contributed by atoms with Crippen molar-refractivity contribution in [2.24, 2.45) is 0 Å². The third-order valence-corrected chi connectivity index (χ3v) is 4.77. The summed E-state index contributed by atoms with van der Waals surface area (Å²) < 4.78 is 13.2. The van der Waals surface area contributed by atoms with E-state index in [4.69, 9.17) is 11.6 Å². The van der Waals surface area contributed by atoms with Crippen LogP contribution in [0.25, 0.3) is 0 Å². The number of piperazine rings is 1. The number of hydrogen-bond acceptors (Lipinski definition) is 5. The first-order valence-corrected chi connectivity index (χ1v) is 8.78. The highest BCUT2D eigenvalue weighted by atomic mass is 35.5. The fraction of sp³-hybridized carbons (Fsp3) is 0.389. The van der Waals surface area contributed by atoms with Gasteiger partial charge in [0.25, 0.3) is 5.91 Å². The van der Waals surface area contributed by atoms with Gasteiger partial charge < -0.3 is 15.1 Å². The molecule has 0 aliphatic carbocycles. The van der Waals surface area contributed by atoms with Gasteiger partial charge in [0, 0.05) is 26.2 Å². The molecule has 1 N–H and O–H groups in total. The fourth-order valence-corrected chi connectivity index (χ4v) is 3.13. The minimum absolute atomic E-state index is 0.0628. The lowest BCUT2D eigenvalue weighted by Crippen LogP contribution is -2.45. The second-order valence-electron chi connectivity index (χ2n) is 6.44. The Morgan fingerprint density at radius 2 is 1.77 bits per heavy atom. The van der Waals surface area contributed by atoms with Crippen molar-refractivity contribution < 1.29 is 9.18 Å². The maximum absolute atomic E-state index is 13.2. The van der Waals surface area contributed by atoms with Crippen LogP contribution in [0.3, 0.4) is 0 Å². The zero-order valence-electron chi connectivity index (χ0n) is 15.0. The lowest BCUT2D eigenvalue weighted by molar-refractivity contribution is 0.102. The van der Waals surface area contributed by atoms with Gasteiger partial charge in [0.1, 0.15) is 5.82 Å². The highest BCUT2D eigenvalue weighted by molar-refractivity contribution is 6.34. The smallest absolute Gasteiger partial charge is 0.257 e. The van der Waals surface area contributed by atoms with Crippen molar-refractivity contribution in [3.05, 3.63) is 46.0 Å². The van der Waals surface area contributed by atoms with Gasteiger partial charge in [-0.25, -0.2) is 14.4 Å². The van der Waals surface area contributed by atoms with Crippen LogP contribution >= 0.6 is 11.6 Å². The van der Waals surface area contributed by atoms with E-state index >= 15 is 0 Å². The Bertz CT molecular complexity index is 813. The first-order valence-electron chi connectivity index (χ1n) is 8.40. The van der Waals surface area contributed by atoms with Crippen molar-refractivity contribution in [2.45, 2.75) is 13.8 Å². The van der Waals surface area contributed by atoms with Crippen LogP contribution in [0.15, 0.2) is 18.2 Å². The van der Waals surface area contributed by atoms with E-state index < -0.39 is 11.7 Å². The average Bonchev–Trinajstić information content (AvgIpc) is 2.58. The first-order chi connectivity index (χ1) is 12.3. The SMILES string of the molecule is Cc1nc(N2CCN(C)CC2)nc(C)c1NC(=O)c1ccc(F)cc1Cl. The quantitative estimate of drug-likeness (QED) is 0.891. The second-order valence-corrected chi connectivity index (χ2v) is 6.85. The summed E-state index contributed by atoms with van der Waals surface area (Å²) in [6, 6.07) is 3.67. The molecule has 1 fully saturated rings. The molecule has 6 nitrogen and oxygen atoms in total. The van der Waals surface area contributed by atoms with Gasteiger partial charge in [0.05, 0.1) is 27.7 Å². The van der Waals surface area contributed by atoms with Gasteiger partial charge in [-0.3, -0.25) is 4.79 Å². The number of carbonyl (C=O) groups excluding carboxylic acids is 1. The number of rotatable bonds is 3. The number of aromatic nitrogens is 2. The molecule has 3 rings (SSSR count). The molecule has 138 valence electrons. The van der Waals surface area contributed by atoms with E-state index in [9.17, 15) is 9.18 Å². The minimum Gasteiger partial charge on any atom is -0.338 e. The summed E-state index contributed by atoms with van der Waals surface area (Å²) in [5.74, 6) is -0.234. The van der Waals surface area contributed by atoms with Crippen molar-refractivity contribution in [1.29, 1.82) is 0 Å². The van der Waals surface area contributed by atoms with E-state index in [1.807, 2.05) is 13.8 Å². The third-order valence-electron chi connectivity index (χ3n) is 4.46. The number of nitrogens with zero attached hydrogens (tertiary/aromatic N) is 4. The van der Waals surface area contributed by atoms with Crippen molar-refractivity contribution in [3.63, 3.8) is 0 Å². The molecular weight excluding hydrogens is 357 g/mol. The molecule has 1 aromatic carbocycles. The van der Waals surface area contributed by atoms with Gasteiger partial charge >= 0.3 is 0 Å². The van der Waals surface area contributed by atoms with Gasteiger partial charge in [-0.2, -0.15) is 0 Å². The van der Waals surface area contributed by atoms with E-state index in [2.05, 4.69) is 32.1 Å². The molecule has 1 saturated heterocycles. The maximum atomic E-state index is 13.2. The van der Waals surface area contributed by atoms with Crippen LogP contribution in [-0.2, 0) is 0 Å². The molecule has 1 aliphatic rings. The van der Waals surface area contributed by atoms with Crippen LogP contribution in [0.4, 0.5) is 16.0 Å². The van der Waals surface area contributed by atoms with Crippen LogP contribution in [0.1, 0.15) is 21.7 Å². The van der Waals surface area contributed by atoms with Crippen LogP contribution in [0.5, 0.6) is 0 Å². The molecule has 0 saturated carbocycles. The molecule has 2 heterocycles. The summed E-state index contributed by atoms with van der Waals surface area (Å²) in [6.45, 7) is 7.32. The molecule has 1 aliphatic heterocycles. The number of hydrogen-bond donors (Lipinski definition) is 1. The second kappa shape index (κ2) is 7.55. The predicted molar refractivity (Wildman–Crippen MR) is 101 cm³/mol. The summed E-state index contributed by atoms with van der Waals surface area (Å²) in [5.41, 5.74) is 2.11. The number of benzene rings is 1. The molecule has 0 radical (unpaired) electrons. The van der Waals surface area contributed by atoms with Crippen molar-refractivity contribution in [2.75, 3.05) is 43.4 Å². The Morgan fingerprint density at radius 1 is 1.15 bits per heavy atom. The fourth-order valence-electron chi connectivity index (χ4n) is 2.88. The van der Waals surface area contributed by atoms with Crippen molar-refractivity contribution >= 4 is 29.1 Å². The van der Waals surface area contributed by atoms with Crippen LogP contribution in [-0.4, -0.2) is 54.0 Å². The van der Waals surface area contributed by atoms with E-state index in [1.54, 1.807) is 0 Å². The molecule has 0 bridgehead atoms. The largest absolute Gasteiger partial charge is 0.338 e. The van der Waals surface area contributed by atoms with Gasteiger partial charge in [-0.15, -0.1) is 0 Å². The number of likely N-dealkylation sites (N-methyl/N-ethyl adjacent to an activating group) is 1. The zero-order valence-corrected chi connectivity index (χ0v) is 15.8. The predicted octanol–water partition coefficient (Wildman–Crippen LogP) is 2.89.